The normalized spacial score (nSPS) is 27.4. The van der Waals surface area contributed by atoms with Crippen molar-refractivity contribution in [2.24, 2.45) is 11.8 Å². The fourth-order valence-electron chi connectivity index (χ4n) is 2.64. The number of ketones is 1. The molecule has 0 aromatic carbocycles. The molecule has 20 heavy (non-hydrogen) atoms. The molecular weight excluding hydrogens is 252 g/mol. The lowest BCUT2D eigenvalue weighted by molar-refractivity contribution is -0.150. The van der Waals surface area contributed by atoms with Gasteiger partial charge in [-0.2, -0.15) is 0 Å². The quantitative estimate of drug-likeness (QED) is 0.582. The summed E-state index contributed by atoms with van der Waals surface area (Å²) in [7, 11) is 0. The van der Waals surface area contributed by atoms with Gasteiger partial charge in [-0.1, -0.05) is 23.8 Å². The van der Waals surface area contributed by atoms with Gasteiger partial charge >= 0.3 is 5.97 Å². The van der Waals surface area contributed by atoms with E-state index in [1.54, 1.807) is 6.92 Å². The highest BCUT2D eigenvalue weighted by atomic mass is 16.5. The van der Waals surface area contributed by atoms with Gasteiger partial charge in [0.25, 0.3) is 0 Å². The van der Waals surface area contributed by atoms with Gasteiger partial charge in [-0.15, -0.1) is 0 Å². The molecule has 0 radical (unpaired) electrons. The van der Waals surface area contributed by atoms with Crippen LogP contribution in [0.15, 0.2) is 23.8 Å². The van der Waals surface area contributed by atoms with E-state index in [2.05, 4.69) is 19.6 Å². The van der Waals surface area contributed by atoms with Gasteiger partial charge in [0.15, 0.2) is 0 Å². The first kappa shape index (κ1) is 16.7. The lowest BCUT2D eigenvalue weighted by Crippen LogP contribution is -2.25. The second-order valence-electron chi connectivity index (χ2n) is 5.68. The minimum atomic E-state index is -0.313. The minimum Gasteiger partial charge on any atom is -0.466 e. The van der Waals surface area contributed by atoms with E-state index in [1.807, 2.05) is 6.92 Å². The van der Waals surface area contributed by atoms with Crippen LogP contribution < -0.4 is 0 Å². The zero-order valence-electron chi connectivity index (χ0n) is 12.9. The van der Waals surface area contributed by atoms with Crippen LogP contribution >= 0.6 is 0 Å². The van der Waals surface area contributed by atoms with Crippen molar-refractivity contribution >= 4 is 11.8 Å². The van der Waals surface area contributed by atoms with Gasteiger partial charge < -0.3 is 4.74 Å². The first-order valence-electron chi connectivity index (χ1n) is 7.46. The van der Waals surface area contributed by atoms with E-state index in [9.17, 15) is 9.59 Å². The van der Waals surface area contributed by atoms with Crippen molar-refractivity contribution in [3.63, 3.8) is 0 Å². The highest BCUT2D eigenvalue weighted by Crippen LogP contribution is 2.26. The Balaban J connectivity index is 2.89. The summed E-state index contributed by atoms with van der Waals surface area (Å²) in [5.41, 5.74) is 2.18. The summed E-state index contributed by atoms with van der Waals surface area (Å²) in [4.78, 5) is 24.4. The third-order valence-electron chi connectivity index (χ3n) is 3.89. The zero-order chi connectivity index (χ0) is 15.1. The second-order valence-corrected chi connectivity index (χ2v) is 5.68. The number of carbonyl (C=O) groups excluding carboxylic acids is 2. The van der Waals surface area contributed by atoms with E-state index in [0.29, 0.717) is 13.0 Å². The lowest BCUT2D eigenvalue weighted by Gasteiger charge is -2.21. The number of esters is 1. The van der Waals surface area contributed by atoms with E-state index in [1.165, 1.54) is 5.57 Å². The number of hydrogen-bond acceptors (Lipinski definition) is 3. The smallest absolute Gasteiger partial charge is 0.309 e. The fraction of sp³-hybridized carbons (Fsp3) is 0.647. The monoisotopic (exact) mass is 278 g/mol. The maximum absolute atomic E-state index is 12.4. The van der Waals surface area contributed by atoms with Crippen molar-refractivity contribution in [2.75, 3.05) is 6.61 Å². The van der Waals surface area contributed by atoms with Crippen LogP contribution in [0.3, 0.4) is 0 Å². The van der Waals surface area contributed by atoms with Crippen molar-refractivity contribution in [1.82, 2.24) is 0 Å². The Kier molecular flexibility index (Phi) is 6.69. The molecule has 0 heterocycles. The second kappa shape index (κ2) is 8.03. The molecule has 1 rings (SSSR count). The summed E-state index contributed by atoms with van der Waals surface area (Å²) >= 11 is 0. The van der Waals surface area contributed by atoms with Gasteiger partial charge in [-0.3, -0.25) is 9.59 Å². The molecule has 0 saturated carbocycles. The molecule has 1 aliphatic carbocycles. The number of hydrogen-bond donors (Lipinski definition) is 0. The van der Waals surface area contributed by atoms with Crippen LogP contribution in [0.25, 0.3) is 0 Å². The number of carbonyl (C=O) groups is 2. The Morgan fingerprint density at radius 3 is 2.75 bits per heavy atom. The summed E-state index contributed by atoms with van der Waals surface area (Å²) in [5.74, 6) is -0.557. The average molecular weight is 278 g/mol. The largest absolute Gasteiger partial charge is 0.466 e. The molecule has 3 heteroatoms. The molecular formula is C17H26O3. The molecule has 0 bridgehead atoms. The number of allylic oxidation sites excluding steroid dienone is 3. The van der Waals surface area contributed by atoms with E-state index >= 15 is 0 Å². The number of ether oxygens (including phenoxy) is 1. The topological polar surface area (TPSA) is 43.4 Å². The average Bonchev–Trinajstić information content (AvgIpc) is 2.37. The van der Waals surface area contributed by atoms with Crippen LogP contribution in [0, 0.1) is 11.8 Å². The molecule has 0 aromatic rings. The minimum absolute atomic E-state index is 0.130. The van der Waals surface area contributed by atoms with Gasteiger partial charge in [0.2, 0.25) is 0 Å². The van der Waals surface area contributed by atoms with E-state index in [0.717, 1.165) is 24.8 Å². The lowest BCUT2D eigenvalue weighted by atomic mass is 9.83. The Morgan fingerprint density at radius 2 is 2.15 bits per heavy atom. The fourth-order valence-corrected chi connectivity index (χ4v) is 2.64. The molecule has 3 nitrogen and oxygen atoms in total. The van der Waals surface area contributed by atoms with E-state index in [-0.39, 0.29) is 30.0 Å². The molecule has 2 atom stereocenters. The first-order valence-corrected chi connectivity index (χ1v) is 7.46. The SMILES string of the molecule is C=C(C)[C@@H]1CC/C(C)=C/CC[C@@H](C(=O)OCC)CC1=O. The summed E-state index contributed by atoms with van der Waals surface area (Å²) in [6.07, 6.45) is 5.70. The van der Waals surface area contributed by atoms with Crippen molar-refractivity contribution in [2.45, 2.75) is 52.9 Å². The van der Waals surface area contributed by atoms with Gasteiger partial charge in [0, 0.05) is 12.3 Å². The highest BCUT2D eigenvalue weighted by Gasteiger charge is 2.28. The number of rotatable bonds is 3. The Bertz CT molecular complexity index is 406. The third-order valence-corrected chi connectivity index (χ3v) is 3.89. The molecule has 0 unspecified atom stereocenters. The molecule has 0 aromatic heterocycles. The van der Waals surface area contributed by atoms with Gasteiger partial charge in [0.1, 0.15) is 5.78 Å². The molecule has 0 fully saturated rings. The first-order chi connectivity index (χ1) is 9.45. The van der Waals surface area contributed by atoms with Crippen molar-refractivity contribution < 1.29 is 14.3 Å². The van der Waals surface area contributed by atoms with Gasteiger partial charge in [-0.25, -0.2) is 0 Å². The standard InChI is InChI=1S/C17H26O3/c1-5-20-17(19)14-8-6-7-13(4)9-10-15(12(2)3)16(18)11-14/h7,14-15H,2,5-6,8-11H2,1,3-4H3/b13-7+/t14-,15+/m1/s1. The maximum atomic E-state index is 12.4. The van der Waals surface area contributed by atoms with E-state index < -0.39 is 0 Å². The predicted molar refractivity (Wildman–Crippen MR) is 80.3 cm³/mol. The molecule has 0 spiro atoms. The Morgan fingerprint density at radius 1 is 1.45 bits per heavy atom. The predicted octanol–water partition coefficient (Wildman–Crippen LogP) is 3.84. The molecule has 0 amide bonds. The summed E-state index contributed by atoms with van der Waals surface area (Å²) in [6.45, 7) is 10.1. The molecule has 0 N–H and O–H groups in total. The van der Waals surface area contributed by atoms with E-state index in [4.69, 9.17) is 4.74 Å². The van der Waals surface area contributed by atoms with Gasteiger partial charge in [0.05, 0.1) is 12.5 Å². The van der Waals surface area contributed by atoms with Crippen LogP contribution in [0.4, 0.5) is 0 Å². The van der Waals surface area contributed by atoms with Crippen molar-refractivity contribution in [3.8, 4) is 0 Å². The molecule has 0 saturated heterocycles. The molecule has 112 valence electrons. The Labute approximate surface area is 122 Å². The molecule has 1 aliphatic rings. The summed E-state index contributed by atoms with van der Waals surface area (Å²) in [5, 5.41) is 0. The van der Waals surface area contributed by atoms with Crippen molar-refractivity contribution in [1.29, 1.82) is 0 Å². The highest BCUT2D eigenvalue weighted by molar-refractivity contribution is 5.87. The zero-order valence-corrected chi connectivity index (χ0v) is 12.9. The third kappa shape index (κ3) is 4.95. The van der Waals surface area contributed by atoms with Crippen LogP contribution in [0.2, 0.25) is 0 Å². The van der Waals surface area contributed by atoms with Crippen LogP contribution in [0.5, 0.6) is 0 Å². The summed E-state index contributed by atoms with van der Waals surface area (Å²) in [6, 6.07) is 0. The summed E-state index contributed by atoms with van der Waals surface area (Å²) < 4.78 is 5.09. The maximum Gasteiger partial charge on any atom is 0.309 e. The van der Waals surface area contributed by atoms with Crippen LogP contribution in [0.1, 0.15) is 52.9 Å². The number of Topliss-reactive ketones (excluding diaryl/α,β-unsaturated/α-hetero) is 1. The Hall–Kier alpha value is -1.38. The van der Waals surface area contributed by atoms with Crippen LogP contribution in [-0.4, -0.2) is 18.4 Å². The van der Waals surface area contributed by atoms with Gasteiger partial charge in [-0.05, 0) is 46.5 Å². The van der Waals surface area contributed by atoms with Crippen LogP contribution in [-0.2, 0) is 14.3 Å². The van der Waals surface area contributed by atoms with Crippen molar-refractivity contribution in [3.05, 3.63) is 23.8 Å². The molecule has 0 aliphatic heterocycles.